The Kier molecular flexibility index (Phi) is 4.99. The Bertz CT molecular complexity index is 952. The van der Waals surface area contributed by atoms with Crippen LogP contribution in [0.5, 0.6) is 0 Å². The van der Waals surface area contributed by atoms with Crippen molar-refractivity contribution in [1.82, 2.24) is 15.0 Å². The molecule has 3 heterocycles. The maximum absolute atomic E-state index is 6.11. The Labute approximate surface area is 164 Å². The van der Waals surface area contributed by atoms with Gasteiger partial charge in [-0.05, 0) is 38.1 Å². The minimum absolute atomic E-state index is 0.713. The van der Waals surface area contributed by atoms with Crippen LogP contribution in [0.3, 0.4) is 0 Å². The van der Waals surface area contributed by atoms with E-state index in [2.05, 4.69) is 49.1 Å². The number of rotatable bonds is 4. The normalized spacial score (nSPS) is 14.6. The smallest absolute Gasteiger partial charge is 0.227 e. The van der Waals surface area contributed by atoms with E-state index in [-0.39, 0.29) is 0 Å². The molecule has 1 aliphatic rings. The molecule has 4 rings (SSSR count). The van der Waals surface area contributed by atoms with Crippen molar-refractivity contribution in [2.24, 2.45) is 0 Å². The summed E-state index contributed by atoms with van der Waals surface area (Å²) in [5.41, 5.74) is 3.12. The van der Waals surface area contributed by atoms with E-state index in [0.29, 0.717) is 5.02 Å². The Morgan fingerprint density at radius 2 is 1.81 bits per heavy atom. The fourth-order valence-electron chi connectivity index (χ4n) is 3.50. The molecule has 1 N–H and O–H groups in total. The minimum atomic E-state index is 0.713. The zero-order chi connectivity index (χ0) is 18.8. The van der Waals surface area contributed by atoms with Gasteiger partial charge in [-0.25, -0.2) is 4.98 Å². The largest absolute Gasteiger partial charge is 0.370 e. The zero-order valence-electron chi connectivity index (χ0n) is 15.6. The van der Waals surface area contributed by atoms with E-state index in [9.17, 15) is 0 Å². The van der Waals surface area contributed by atoms with Crippen LogP contribution in [0.1, 0.15) is 12.6 Å². The predicted octanol–water partition coefficient (Wildman–Crippen LogP) is 3.75. The number of nitrogens with zero attached hydrogens (tertiary/aromatic N) is 5. The van der Waals surface area contributed by atoms with Gasteiger partial charge in [0.2, 0.25) is 5.95 Å². The van der Waals surface area contributed by atoms with Crippen molar-refractivity contribution in [2.45, 2.75) is 13.8 Å². The number of halogens is 1. The lowest BCUT2D eigenvalue weighted by Crippen LogP contribution is -2.47. The van der Waals surface area contributed by atoms with Crippen molar-refractivity contribution in [3.05, 3.63) is 47.2 Å². The summed E-state index contributed by atoms with van der Waals surface area (Å²) in [5, 5.41) is 5.13. The lowest BCUT2D eigenvalue weighted by atomic mass is 10.1. The molecule has 0 spiro atoms. The lowest BCUT2D eigenvalue weighted by molar-refractivity contribution is 0.640. The van der Waals surface area contributed by atoms with Gasteiger partial charge in [0.25, 0.3) is 0 Å². The van der Waals surface area contributed by atoms with Gasteiger partial charge in [-0.3, -0.25) is 4.98 Å². The van der Waals surface area contributed by atoms with Crippen molar-refractivity contribution in [1.29, 1.82) is 0 Å². The average molecular weight is 383 g/mol. The molecule has 1 aromatic carbocycles. The maximum Gasteiger partial charge on any atom is 0.227 e. The van der Waals surface area contributed by atoms with Crippen LogP contribution in [0, 0.1) is 6.92 Å². The number of aryl methyl sites for hydroxylation is 1. The van der Waals surface area contributed by atoms with Crippen LogP contribution >= 0.6 is 11.6 Å². The molecule has 2 aromatic heterocycles. The number of aromatic nitrogens is 3. The standard InChI is InChI=1S/C20H23ClN6/c1-3-22-19-12-14(2)24-20(25-19)27-10-8-26(9-11-27)18-6-7-23-17-13-15(21)4-5-16(17)18/h4-7,12-13H,3,8-11H2,1-2H3,(H,22,24,25). The second-order valence-corrected chi connectivity index (χ2v) is 7.13. The Morgan fingerprint density at radius 3 is 2.59 bits per heavy atom. The van der Waals surface area contributed by atoms with E-state index < -0.39 is 0 Å². The van der Waals surface area contributed by atoms with Gasteiger partial charge in [0.15, 0.2) is 0 Å². The maximum atomic E-state index is 6.11. The van der Waals surface area contributed by atoms with Crippen molar-refractivity contribution >= 4 is 40.0 Å². The minimum Gasteiger partial charge on any atom is -0.370 e. The molecule has 3 aromatic rings. The van der Waals surface area contributed by atoms with Gasteiger partial charge in [0.1, 0.15) is 5.82 Å². The van der Waals surface area contributed by atoms with Crippen molar-refractivity contribution in [2.75, 3.05) is 47.8 Å². The fourth-order valence-corrected chi connectivity index (χ4v) is 3.66. The van der Waals surface area contributed by atoms with E-state index in [1.807, 2.05) is 31.3 Å². The van der Waals surface area contributed by atoms with E-state index in [0.717, 1.165) is 61.1 Å². The summed E-state index contributed by atoms with van der Waals surface area (Å²) in [5.74, 6) is 1.69. The summed E-state index contributed by atoms with van der Waals surface area (Å²) in [6.45, 7) is 8.52. The molecule has 0 amide bonds. The molecule has 0 radical (unpaired) electrons. The van der Waals surface area contributed by atoms with E-state index in [1.54, 1.807) is 0 Å². The Balaban J connectivity index is 1.53. The molecule has 1 saturated heterocycles. The highest BCUT2D eigenvalue weighted by Gasteiger charge is 2.21. The monoisotopic (exact) mass is 382 g/mol. The molecular weight excluding hydrogens is 360 g/mol. The number of anilines is 3. The number of fused-ring (bicyclic) bond motifs is 1. The zero-order valence-corrected chi connectivity index (χ0v) is 16.4. The molecule has 0 aliphatic carbocycles. The van der Waals surface area contributed by atoms with Gasteiger partial charge in [0, 0.05) is 66.8 Å². The molecule has 0 saturated carbocycles. The van der Waals surface area contributed by atoms with Crippen LogP contribution in [0.4, 0.5) is 17.5 Å². The van der Waals surface area contributed by atoms with Crippen LogP contribution in [0.15, 0.2) is 36.5 Å². The fraction of sp³-hybridized carbons (Fsp3) is 0.350. The number of piperazine rings is 1. The van der Waals surface area contributed by atoms with E-state index in [1.165, 1.54) is 5.69 Å². The molecular formula is C20H23ClN6. The molecule has 6 nitrogen and oxygen atoms in total. The molecule has 7 heteroatoms. The van der Waals surface area contributed by atoms with E-state index >= 15 is 0 Å². The Hall–Kier alpha value is -2.60. The first-order chi connectivity index (χ1) is 13.1. The summed E-state index contributed by atoms with van der Waals surface area (Å²) in [4.78, 5) is 18.4. The average Bonchev–Trinajstić information content (AvgIpc) is 2.67. The number of hydrogen-bond donors (Lipinski definition) is 1. The van der Waals surface area contributed by atoms with Crippen LogP contribution < -0.4 is 15.1 Å². The summed E-state index contributed by atoms with van der Waals surface area (Å²) in [7, 11) is 0. The number of pyridine rings is 1. The van der Waals surface area contributed by atoms with Gasteiger partial charge in [-0.2, -0.15) is 4.98 Å². The number of nitrogens with one attached hydrogen (secondary N) is 1. The quantitative estimate of drug-likeness (QED) is 0.741. The third kappa shape index (κ3) is 3.76. The number of hydrogen-bond acceptors (Lipinski definition) is 6. The van der Waals surface area contributed by atoms with Gasteiger partial charge in [0.05, 0.1) is 5.52 Å². The highest BCUT2D eigenvalue weighted by Crippen LogP contribution is 2.28. The highest BCUT2D eigenvalue weighted by atomic mass is 35.5. The van der Waals surface area contributed by atoms with Gasteiger partial charge >= 0.3 is 0 Å². The van der Waals surface area contributed by atoms with Crippen molar-refractivity contribution in [3.63, 3.8) is 0 Å². The summed E-state index contributed by atoms with van der Waals surface area (Å²) >= 11 is 6.11. The second kappa shape index (κ2) is 7.56. The molecule has 0 atom stereocenters. The SMILES string of the molecule is CCNc1cc(C)nc(N2CCN(c3ccnc4cc(Cl)ccc34)CC2)n1. The summed E-state index contributed by atoms with van der Waals surface area (Å²) in [6, 6.07) is 9.96. The Morgan fingerprint density at radius 1 is 1.04 bits per heavy atom. The third-order valence-corrected chi connectivity index (χ3v) is 5.02. The highest BCUT2D eigenvalue weighted by molar-refractivity contribution is 6.31. The third-order valence-electron chi connectivity index (χ3n) is 4.79. The van der Waals surface area contributed by atoms with Crippen LogP contribution in [0.25, 0.3) is 10.9 Å². The van der Waals surface area contributed by atoms with Gasteiger partial charge in [-0.1, -0.05) is 11.6 Å². The molecule has 1 fully saturated rings. The summed E-state index contributed by atoms with van der Waals surface area (Å²) in [6.07, 6.45) is 1.85. The van der Waals surface area contributed by atoms with Crippen LogP contribution in [-0.4, -0.2) is 47.7 Å². The molecule has 140 valence electrons. The molecule has 27 heavy (non-hydrogen) atoms. The molecule has 1 aliphatic heterocycles. The van der Waals surface area contributed by atoms with Crippen LogP contribution in [-0.2, 0) is 0 Å². The first-order valence-corrected chi connectivity index (χ1v) is 9.65. The molecule has 0 bridgehead atoms. The second-order valence-electron chi connectivity index (χ2n) is 6.69. The topological polar surface area (TPSA) is 57.2 Å². The lowest BCUT2D eigenvalue weighted by Gasteiger charge is -2.36. The first kappa shape index (κ1) is 17.8. The summed E-state index contributed by atoms with van der Waals surface area (Å²) < 4.78 is 0. The van der Waals surface area contributed by atoms with Gasteiger partial charge in [-0.15, -0.1) is 0 Å². The van der Waals surface area contributed by atoms with Crippen molar-refractivity contribution in [3.8, 4) is 0 Å². The first-order valence-electron chi connectivity index (χ1n) is 9.28. The number of benzene rings is 1. The van der Waals surface area contributed by atoms with Gasteiger partial charge < -0.3 is 15.1 Å². The molecule has 0 unspecified atom stereocenters. The predicted molar refractivity (Wildman–Crippen MR) is 112 cm³/mol. The van der Waals surface area contributed by atoms with Crippen molar-refractivity contribution < 1.29 is 0 Å². The van der Waals surface area contributed by atoms with Crippen LogP contribution in [0.2, 0.25) is 5.02 Å². The van der Waals surface area contributed by atoms with E-state index in [4.69, 9.17) is 11.6 Å².